The number of unbranched alkanes of at least 4 members (excludes halogenated alkanes) is 2. The predicted octanol–water partition coefficient (Wildman–Crippen LogP) is 1.82. The average Bonchev–Trinajstić information content (AvgIpc) is 3.14. The van der Waals surface area contributed by atoms with E-state index in [4.69, 9.17) is 9.47 Å². The maximum Gasteiger partial charge on any atom is 0.313 e. The lowest BCUT2D eigenvalue weighted by Crippen LogP contribution is -2.56. The number of hydrogen-bond acceptors (Lipinski definition) is 6. The zero-order chi connectivity index (χ0) is 23.6. The van der Waals surface area contributed by atoms with Crippen LogP contribution < -0.4 is 0 Å². The van der Waals surface area contributed by atoms with Crippen LogP contribution in [0.4, 0.5) is 0 Å². The maximum absolute atomic E-state index is 13.9. The molecule has 8 heteroatoms. The van der Waals surface area contributed by atoms with Crippen LogP contribution in [0.3, 0.4) is 0 Å². The SMILES string of the molecule is CCCCN1CC=C[C@]23O[C@]4(CC)C=CCCOC(=O)[C@@H]4[C@H]2C(=O)N(CCCCO)C3C1=O. The third-order valence-corrected chi connectivity index (χ3v) is 7.57. The summed E-state index contributed by atoms with van der Waals surface area (Å²) >= 11 is 0. The van der Waals surface area contributed by atoms with E-state index >= 15 is 0 Å². The molecule has 4 aliphatic heterocycles. The van der Waals surface area contributed by atoms with E-state index in [0.717, 1.165) is 12.8 Å². The summed E-state index contributed by atoms with van der Waals surface area (Å²) in [4.78, 5) is 44.5. The van der Waals surface area contributed by atoms with Gasteiger partial charge in [-0.1, -0.05) is 44.6 Å². The molecule has 2 saturated heterocycles. The summed E-state index contributed by atoms with van der Waals surface area (Å²) in [7, 11) is 0. The Kier molecular flexibility index (Phi) is 6.96. The predicted molar refractivity (Wildman–Crippen MR) is 121 cm³/mol. The topological polar surface area (TPSA) is 96.4 Å². The minimum Gasteiger partial charge on any atom is -0.465 e. The zero-order valence-corrected chi connectivity index (χ0v) is 19.7. The molecule has 5 atom stereocenters. The number of fused-ring (bicyclic) bond motifs is 2. The molecule has 182 valence electrons. The van der Waals surface area contributed by atoms with Gasteiger partial charge in [0, 0.05) is 26.2 Å². The Morgan fingerprint density at radius 2 is 1.85 bits per heavy atom. The van der Waals surface area contributed by atoms with Gasteiger partial charge in [0.15, 0.2) is 0 Å². The van der Waals surface area contributed by atoms with Crippen LogP contribution in [-0.4, -0.2) is 82.8 Å². The highest BCUT2D eigenvalue weighted by molar-refractivity contribution is 5.99. The Bertz CT molecular complexity index is 841. The third-order valence-electron chi connectivity index (χ3n) is 7.57. The van der Waals surface area contributed by atoms with Crippen molar-refractivity contribution in [3.63, 3.8) is 0 Å². The van der Waals surface area contributed by atoms with Gasteiger partial charge in [-0.05, 0) is 32.1 Å². The number of aliphatic hydroxyl groups excluding tert-OH is 1. The molecule has 1 unspecified atom stereocenters. The molecule has 0 aromatic carbocycles. The minimum absolute atomic E-state index is 0.0208. The van der Waals surface area contributed by atoms with Crippen molar-refractivity contribution in [2.75, 3.05) is 32.8 Å². The highest BCUT2D eigenvalue weighted by atomic mass is 16.6. The van der Waals surface area contributed by atoms with E-state index in [-0.39, 0.29) is 25.0 Å². The Morgan fingerprint density at radius 3 is 2.58 bits per heavy atom. The minimum atomic E-state index is -1.22. The molecule has 0 aliphatic carbocycles. The van der Waals surface area contributed by atoms with Crippen molar-refractivity contribution in [1.29, 1.82) is 0 Å². The number of rotatable bonds is 8. The fourth-order valence-corrected chi connectivity index (χ4v) is 5.96. The van der Waals surface area contributed by atoms with E-state index < -0.39 is 35.0 Å². The van der Waals surface area contributed by atoms with Gasteiger partial charge < -0.3 is 24.4 Å². The van der Waals surface area contributed by atoms with Crippen molar-refractivity contribution in [1.82, 2.24) is 9.80 Å². The molecule has 2 amide bonds. The normalized spacial score (nSPS) is 35.6. The summed E-state index contributed by atoms with van der Waals surface area (Å²) in [5.41, 5.74) is -2.21. The first-order valence-electron chi connectivity index (χ1n) is 12.4. The second-order valence-corrected chi connectivity index (χ2v) is 9.48. The first-order chi connectivity index (χ1) is 16.0. The summed E-state index contributed by atoms with van der Waals surface area (Å²) in [5.74, 6) is -2.43. The van der Waals surface area contributed by atoms with Crippen molar-refractivity contribution in [2.24, 2.45) is 11.8 Å². The second-order valence-electron chi connectivity index (χ2n) is 9.48. The quantitative estimate of drug-likeness (QED) is 0.337. The number of nitrogens with zero attached hydrogens (tertiary/aromatic N) is 2. The molecule has 0 bridgehead atoms. The number of carbonyl (C=O) groups is 3. The summed E-state index contributed by atoms with van der Waals surface area (Å²) in [6, 6.07) is -0.831. The second kappa shape index (κ2) is 9.58. The largest absolute Gasteiger partial charge is 0.465 e. The van der Waals surface area contributed by atoms with E-state index in [2.05, 4.69) is 6.92 Å². The lowest BCUT2D eigenvalue weighted by atomic mass is 9.73. The molecule has 1 spiro atoms. The molecule has 0 aromatic rings. The molecule has 0 saturated carbocycles. The average molecular weight is 461 g/mol. The Hall–Kier alpha value is -2.19. The number of carbonyl (C=O) groups excluding carboxylic acids is 3. The molecule has 0 aromatic heterocycles. The molecule has 2 fully saturated rings. The van der Waals surface area contributed by atoms with E-state index in [9.17, 15) is 19.5 Å². The van der Waals surface area contributed by atoms with Crippen LogP contribution in [0.25, 0.3) is 0 Å². The van der Waals surface area contributed by atoms with Gasteiger partial charge in [0.1, 0.15) is 23.2 Å². The molecule has 4 rings (SSSR count). The van der Waals surface area contributed by atoms with E-state index in [1.54, 1.807) is 9.80 Å². The van der Waals surface area contributed by atoms with E-state index in [1.807, 2.05) is 31.2 Å². The van der Waals surface area contributed by atoms with Crippen LogP contribution in [0.1, 0.15) is 52.4 Å². The van der Waals surface area contributed by atoms with Crippen molar-refractivity contribution >= 4 is 17.8 Å². The van der Waals surface area contributed by atoms with Crippen molar-refractivity contribution in [3.05, 3.63) is 24.3 Å². The summed E-state index contributed by atoms with van der Waals surface area (Å²) in [5, 5.41) is 9.26. The van der Waals surface area contributed by atoms with Gasteiger partial charge in [-0.3, -0.25) is 14.4 Å². The van der Waals surface area contributed by atoms with Crippen LogP contribution in [0.15, 0.2) is 24.3 Å². The number of ether oxygens (including phenoxy) is 2. The zero-order valence-electron chi connectivity index (χ0n) is 19.7. The fourth-order valence-electron chi connectivity index (χ4n) is 5.96. The fraction of sp³-hybridized carbons (Fsp3) is 0.720. The van der Waals surface area contributed by atoms with Gasteiger partial charge in [-0.15, -0.1) is 0 Å². The number of esters is 1. The molecular weight excluding hydrogens is 424 g/mol. The van der Waals surface area contributed by atoms with Crippen LogP contribution in [0, 0.1) is 11.8 Å². The standard InChI is InChI=1S/C25H36N2O6/c1-3-5-13-26-14-10-12-25-18(21(29)27(15-7-8-16-28)20(25)22(26)30)19-23(31)32-17-9-6-11-24(19,4-2)33-25/h6,10-12,18-20,28H,3-5,7-9,13-17H2,1-2H3/t18-,19-,20?,24+,25-/m0/s1. The van der Waals surface area contributed by atoms with Gasteiger partial charge in [0.25, 0.3) is 0 Å². The Labute approximate surface area is 195 Å². The third kappa shape index (κ3) is 3.81. The van der Waals surface area contributed by atoms with Crippen molar-refractivity contribution in [3.8, 4) is 0 Å². The van der Waals surface area contributed by atoms with Crippen molar-refractivity contribution in [2.45, 2.75) is 69.6 Å². The number of amides is 2. The number of aliphatic hydroxyl groups is 1. The van der Waals surface area contributed by atoms with Gasteiger partial charge in [0.2, 0.25) is 11.8 Å². The highest BCUT2D eigenvalue weighted by Crippen LogP contribution is 2.58. The molecule has 0 radical (unpaired) electrons. The smallest absolute Gasteiger partial charge is 0.313 e. The van der Waals surface area contributed by atoms with Gasteiger partial charge in [-0.2, -0.15) is 0 Å². The highest BCUT2D eigenvalue weighted by Gasteiger charge is 2.75. The summed E-state index contributed by atoms with van der Waals surface area (Å²) < 4.78 is 12.3. The van der Waals surface area contributed by atoms with Gasteiger partial charge in [0.05, 0.1) is 12.5 Å². The Morgan fingerprint density at radius 1 is 1.03 bits per heavy atom. The van der Waals surface area contributed by atoms with Crippen LogP contribution in [-0.2, 0) is 23.9 Å². The lowest BCUT2D eigenvalue weighted by Gasteiger charge is -2.38. The molecule has 1 N–H and O–H groups in total. The summed E-state index contributed by atoms with van der Waals surface area (Å²) in [6.45, 7) is 5.71. The Balaban J connectivity index is 1.81. The molecule has 4 heterocycles. The number of likely N-dealkylation sites (tertiary alicyclic amines) is 1. The molecule has 8 nitrogen and oxygen atoms in total. The van der Waals surface area contributed by atoms with E-state index in [1.165, 1.54) is 0 Å². The molecular formula is C25H36N2O6. The first kappa shape index (κ1) is 24.0. The maximum atomic E-state index is 13.9. The van der Waals surface area contributed by atoms with Crippen LogP contribution in [0.2, 0.25) is 0 Å². The number of hydrogen-bond donors (Lipinski definition) is 1. The molecule has 4 aliphatic rings. The van der Waals surface area contributed by atoms with E-state index in [0.29, 0.717) is 45.3 Å². The van der Waals surface area contributed by atoms with Gasteiger partial charge >= 0.3 is 5.97 Å². The van der Waals surface area contributed by atoms with Crippen molar-refractivity contribution < 1.29 is 29.0 Å². The van der Waals surface area contributed by atoms with Crippen LogP contribution >= 0.6 is 0 Å². The monoisotopic (exact) mass is 460 g/mol. The first-order valence-corrected chi connectivity index (χ1v) is 12.4. The number of cyclic esters (lactones) is 1. The van der Waals surface area contributed by atoms with Crippen LogP contribution in [0.5, 0.6) is 0 Å². The van der Waals surface area contributed by atoms with Gasteiger partial charge in [-0.25, -0.2) is 0 Å². The molecule has 33 heavy (non-hydrogen) atoms. The lowest BCUT2D eigenvalue weighted by molar-refractivity contribution is -0.161. The summed E-state index contributed by atoms with van der Waals surface area (Å²) in [6.07, 6.45) is 11.7.